The van der Waals surface area contributed by atoms with Gasteiger partial charge in [0.15, 0.2) is 0 Å². The summed E-state index contributed by atoms with van der Waals surface area (Å²) in [4.78, 5) is 0. The number of rotatable bonds is 2. The molecule has 0 aromatic rings. The molecule has 0 radical (unpaired) electrons. The third-order valence-electron chi connectivity index (χ3n) is 1.06. The lowest BCUT2D eigenvalue weighted by Gasteiger charge is -2.17. The van der Waals surface area contributed by atoms with Gasteiger partial charge in [-0.15, -0.1) is 0 Å². The van der Waals surface area contributed by atoms with Crippen molar-refractivity contribution in [1.29, 1.82) is 0 Å². The van der Waals surface area contributed by atoms with Gasteiger partial charge in [0.25, 0.3) is 0 Å². The summed E-state index contributed by atoms with van der Waals surface area (Å²) in [5.74, 6) is 0. The minimum absolute atomic E-state index is 0.149. The predicted octanol–water partition coefficient (Wildman–Crippen LogP) is 0.306. The van der Waals surface area contributed by atoms with Gasteiger partial charge in [0, 0.05) is 0 Å². The quantitative estimate of drug-likeness (QED) is 0.509. The fourth-order valence-electron chi connectivity index (χ4n) is 0.193. The third-order valence-corrected chi connectivity index (χ3v) is 1.06. The number of aliphatic hydroxyl groups is 2. The zero-order valence-corrected chi connectivity index (χ0v) is 5.31. The van der Waals surface area contributed by atoms with Gasteiger partial charge in [0.1, 0.15) is 0 Å². The van der Waals surface area contributed by atoms with E-state index < -0.39 is 5.60 Å². The van der Waals surface area contributed by atoms with Crippen LogP contribution < -0.4 is 0 Å². The van der Waals surface area contributed by atoms with E-state index in [-0.39, 0.29) is 6.61 Å². The molecule has 0 aliphatic carbocycles. The molecule has 48 valence electrons. The van der Waals surface area contributed by atoms with E-state index in [1.165, 1.54) is 0 Å². The van der Waals surface area contributed by atoms with E-state index in [9.17, 15) is 0 Å². The molecule has 0 amide bonds. The third kappa shape index (κ3) is 2.09. The Bertz CT molecular complexity index is 89.2. The average Bonchev–Trinajstić information content (AvgIpc) is 1.62. The van der Waals surface area contributed by atoms with Crippen LogP contribution in [-0.4, -0.2) is 22.4 Å². The smallest absolute Gasteiger partial charge is 0.0820 e. The second-order valence-electron chi connectivity index (χ2n) is 2.32. The molecule has 0 bridgehead atoms. The summed E-state index contributed by atoms with van der Waals surface area (Å²) >= 11 is 0. The first kappa shape index (κ1) is 7.66. The zero-order valence-electron chi connectivity index (χ0n) is 5.31. The second kappa shape index (κ2) is 2.29. The Morgan fingerprint density at radius 1 is 1.62 bits per heavy atom. The van der Waals surface area contributed by atoms with Crippen LogP contribution in [0.2, 0.25) is 0 Å². The van der Waals surface area contributed by atoms with Crippen LogP contribution in [0.5, 0.6) is 0 Å². The van der Waals surface area contributed by atoms with Crippen LogP contribution in [0, 0.1) is 0 Å². The largest absolute Gasteiger partial charge is 0.392 e. The molecule has 0 fully saturated rings. The van der Waals surface area contributed by atoms with Crippen molar-refractivity contribution in [1.82, 2.24) is 0 Å². The maximum Gasteiger partial charge on any atom is 0.0820 e. The Morgan fingerprint density at radius 2 is 2.00 bits per heavy atom. The number of aliphatic hydroxyl groups excluding tert-OH is 1. The lowest BCUT2D eigenvalue weighted by molar-refractivity contribution is 0.105. The lowest BCUT2D eigenvalue weighted by atomic mass is 10.0. The van der Waals surface area contributed by atoms with E-state index in [2.05, 4.69) is 6.58 Å². The Labute approximate surface area is 49.5 Å². The van der Waals surface area contributed by atoms with Crippen LogP contribution >= 0.6 is 0 Å². The van der Waals surface area contributed by atoms with Crippen LogP contribution in [0.15, 0.2) is 12.2 Å². The van der Waals surface area contributed by atoms with Gasteiger partial charge in [-0.25, -0.2) is 0 Å². The van der Waals surface area contributed by atoms with Crippen LogP contribution in [0.4, 0.5) is 0 Å². The molecule has 0 rings (SSSR count). The summed E-state index contributed by atoms with van der Waals surface area (Å²) in [5.41, 5.74) is -0.494. The van der Waals surface area contributed by atoms with E-state index in [1.807, 2.05) is 0 Å². The first-order chi connectivity index (χ1) is 3.48. The summed E-state index contributed by atoms with van der Waals surface area (Å²) in [6.07, 6.45) is 0. The van der Waals surface area contributed by atoms with Crippen molar-refractivity contribution in [3.8, 4) is 0 Å². The van der Waals surface area contributed by atoms with E-state index >= 15 is 0 Å². The summed E-state index contributed by atoms with van der Waals surface area (Å²) in [7, 11) is 0. The predicted molar refractivity (Wildman–Crippen MR) is 32.5 cm³/mol. The van der Waals surface area contributed by atoms with Gasteiger partial charge in [0.2, 0.25) is 0 Å². The fourth-order valence-corrected chi connectivity index (χ4v) is 0.193. The van der Waals surface area contributed by atoms with Crippen LogP contribution in [0.1, 0.15) is 13.8 Å². The SMILES string of the molecule is C=C(CO)C(C)(C)O. The molecule has 0 aromatic carbocycles. The molecule has 0 spiro atoms. The minimum Gasteiger partial charge on any atom is -0.392 e. The Balaban J connectivity index is 3.82. The Kier molecular flexibility index (Phi) is 2.19. The molecule has 8 heavy (non-hydrogen) atoms. The first-order valence-corrected chi connectivity index (χ1v) is 2.50. The summed E-state index contributed by atoms with van der Waals surface area (Å²) in [6, 6.07) is 0. The van der Waals surface area contributed by atoms with E-state index in [4.69, 9.17) is 10.2 Å². The molecule has 0 unspecified atom stereocenters. The molecule has 2 heteroatoms. The standard InChI is InChI=1S/C6H12O2/c1-5(4-7)6(2,3)8/h7-8H,1,4H2,2-3H3. The maximum atomic E-state index is 9.03. The lowest BCUT2D eigenvalue weighted by Crippen LogP contribution is -2.23. The highest BCUT2D eigenvalue weighted by Crippen LogP contribution is 2.10. The highest BCUT2D eigenvalue weighted by atomic mass is 16.3. The molecule has 2 nitrogen and oxygen atoms in total. The van der Waals surface area contributed by atoms with Crippen molar-refractivity contribution in [2.75, 3.05) is 6.61 Å². The van der Waals surface area contributed by atoms with E-state index in [0.29, 0.717) is 5.57 Å². The molecule has 0 atom stereocenters. The summed E-state index contributed by atoms with van der Waals surface area (Å²) in [6.45, 7) is 6.47. The van der Waals surface area contributed by atoms with Crippen molar-refractivity contribution in [3.05, 3.63) is 12.2 Å². The van der Waals surface area contributed by atoms with Gasteiger partial charge >= 0.3 is 0 Å². The summed E-state index contributed by atoms with van der Waals surface area (Å²) < 4.78 is 0. The topological polar surface area (TPSA) is 40.5 Å². The number of hydrogen-bond donors (Lipinski definition) is 2. The van der Waals surface area contributed by atoms with Crippen molar-refractivity contribution in [3.63, 3.8) is 0 Å². The molecule has 2 N–H and O–H groups in total. The fraction of sp³-hybridized carbons (Fsp3) is 0.667. The Morgan fingerprint density at radius 3 is 2.00 bits per heavy atom. The van der Waals surface area contributed by atoms with Crippen molar-refractivity contribution < 1.29 is 10.2 Å². The molecule has 0 saturated heterocycles. The highest BCUT2D eigenvalue weighted by molar-refractivity contribution is 5.07. The van der Waals surface area contributed by atoms with Gasteiger partial charge in [-0.3, -0.25) is 0 Å². The van der Waals surface area contributed by atoms with Gasteiger partial charge in [0.05, 0.1) is 12.2 Å². The monoisotopic (exact) mass is 116 g/mol. The zero-order chi connectivity index (χ0) is 6.78. The van der Waals surface area contributed by atoms with Crippen molar-refractivity contribution in [2.24, 2.45) is 0 Å². The summed E-state index contributed by atoms with van der Waals surface area (Å²) in [5, 5.41) is 17.4. The van der Waals surface area contributed by atoms with Gasteiger partial charge in [-0.05, 0) is 19.4 Å². The molecule has 0 aromatic heterocycles. The van der Waals surface area contributed by atoms with Gasteiger partial charge in [-0.1, -0.05) is 6.58 Å². The van der Waals surface area contributed by atoms with Gasteiger partial charge in [-0.2, -0.15) is 0 Å². The van der Waals surface area contributed by atoms with Crippen LogP contribution in [-0.2, 0) is 0 Å². The van der Waals surface area contributed by atoms with Crippen LogP contribution in [0.25, 0.3) is 0 Å². The van der Waals surface area contributed by atoms with Crippen LogP contribution in [0.3, 0.4) is 0 Å². The van der Waals surface area contributed by atoms with E-state index in [1.54, 1.807) is 13.8 Å². The second-order valence-corrected chi connectivity index (χ2v) is 2.32. The van der Waals surface area contributed by atoms with Crippen molar-refractivity contribution in [2.45, 2.75) is 19.4 Å². The molecule has 0 heterocycles. The molecular weight excluding hydrogens is 104 g/mol. The van der Waals surface area contributed by atoms with Crippen molar-refractivity contribution >= 4 is 0 Å². The number of hydrogen-bond acceptors (Lipinski definition) is 2. The molecule has 0 aliphatic heterocycles. The molecular formula is C6H12O2. The average molecular weight is 116 g/mol. The minimum atomic E-state index is -0.936. The first-order valence-electron chi connectivity index (χ1n) is 2.50. The van der Waals surface area contributed by atoms with E-state index in [0.717, 1.165) is 0 Å². The molecule has 0 aliphatic rings. The highest BCUT2D eigenvalue weighted by Gasteiger charge is 2.14. The van der Waals surface area contributed by atoms with Gasteiger partial charge < -0.3 is 10.2 Å². The maximum absolute atomic E-state index is 9.03. The Hall–Kier alpha value is -0.340. The molecule has 0 saturated carbocycles. The normalized spacial score (nSPS) is 11.5.